The lowest BCUT2D eigenvalue weighted by Gasteiger charge is -2.23. The molecule has 1 N–H and O–H groups in total. The van der Waals surface area contributed by atoms with Crippen LogP contribution in [0.15, 0.2) is 48.5 Å². The van der Waals surface area contributed by atoms with Gasteiger partial charge in [0.05, 0.1) is 23.5 Å². The van der Waals surface area contributed by atoms with E-state index in [2.05, 4.69) is 9.97 Å². The number of para-hydroxylation sites is 2. The summed E-state index contributed by atoms with van der Waals surface area (Å²) >= 11 is 6.19. The van der Waals surface area contributed by atoms with Crippen LogP contribution in [0.5, 0.6) is 0 Å². The van der Waals surface area contributed by atoms with Gasteiger partial charge in [0, 0.05) is 11.6 Å². The largest absolute Gasteiger partial charge is 0.340 e. The molecule has 0 aliphatic carbocycles. The van der Waals surface area contributed by atoms with E-state index >= 15 is 0 Å². The molecule has 1 saturated heterocycles. The van der Waals surface area contributed by atoms with Crippen LogP contribution in [-0.4, -0.2) is 27.3 Å². The molecule has 24 heavy (non-hydrogen) atoms. The van der Waals surface area contributed by atoms with Crippen LogP contribution in [0.25, 0.3) is 11.0 Å². The van der Waals surface area contributed by atoms with Gasteiger partial charge in [-0.3, -0.25) is 4.79 Å². The first-order valence-corrected chi connectivity index (χ1v) is 8.58. The SMILES string of the molecule is O=C(Cc1ccccc1Cl)N1CCCC1c1nc2ccccc2[nH]1. The van der Waals surface area contributed by atoms with E-state index in [0.717, 1.165) is 41.8 Å². The van der Waals surface area contributed by atoms with Crippen LogP contribution in [0.1, 0.15) is 30.3 Å². The van der Waals surface area contributed by atoms with Gasteiger partial charge < -0.3 is 9.88 Å². The monoisotopic (exact) mass is 339 g/mol. The number of halogens is 1. The number of carbonyl (C=O) groups excluding carboxylic acids is 1. The van der Waals surface area contributed by atoms with Gasteiger partial charge in [-0.2, -0.15) is 0 Å². The molecule has 1 aromatic heterocycles. The zero-order valence-corrected chi connectivity index (χ0v) is 14.0. The van der Waals surface area contributed by atoms with Crippen molar-refractivity contribution in [2.45, 2.75) is 25.3 Å². The van der Waals surface area contributed by atoms with Gasteiger partial charge in [0.25, 0.3) is 0 Å². The fourth-order valence-electron chi connectivity index (χ4n) is 3.39. The molecule has 4 rings (SSSR count). The number of fused-ring (bicyclic) bond motifs is 1. The number of hydrogen-bond acceptors (Lipinski definition) is 2. The molecule has 1 aliphatic heterocycles. The number of H-pyrrole nitrogens is 1. The Bertz CT molecular complexity index is 856. The van der Waals surface area contributed by atoms with Crippen LogP contribution >= 0.6 is 11.6 Å². The van der Waals surface area contributed by atoms with E-state index in [0.29, 0.717) is 11.4 Å². The number of aromatic amines is 1. The summed E-state index contributed by atoms with van der Waals surface area (Å²) in [5.41, 5.74) is 2.83. The molecule has 0 radical (unpaired) electrons. The Hall–Kier alpha value is -2.33. The van der Waals surface area contributed by atoms with Crippen molar-refractivity contribution in [1.82, 2.24) is 14.9 Å². The maximum Gasteiger partial charge on any atom is 0.227 e. The van der Waals surface area contributed by atoms with Gasteiger partial charge in [-0.25, -0.2) is 4.98 Å². The van der Waals surface area contributed by atoms with Crippen molar-refractivity contribution in [3.63, 3.8) is 0 Å². The normalized spacial score (nSPS) is 17.5. The lowest BCUT2D eigenvalue weighted by Crippen LogP contribution is -2.32. The minimum atomic E-state index is 0.0207. The van der Waals surface area contributed by atoms with Crippen molar-refractivity contribution in [2.75, 3.05) is 6.54 Å². The summed E-state index contributed by atoms with van der Waals surface area (Å²) in [5, 5.41) is 0.644. The Morgan fingerprint density at radius 3 is 2.83 bits per heavy atom. The minimum Gasteiger partial charge on any atom is -0.340 e. The second-order valence-electron chi connectivity index (χ2n) is 6.15. The molecule has 2 heterocycles. The van der Waals surface area contributed by atoms with Gasteiger partial charge in [0.15, 0.2) is 0 Å². The molecular formula is C19H18ClN3O. The Kier molecular flexibility index (Phi) is 3.98. The van der Waals surface area contributed by atoms with Crippen LogP contribution in [0.4, 0.5) is 0 Å². The average Bonchev–Trinajstić information content (AvgIpc) is 3.23. The number of rotatable bonds is 3. The fraction of sp³-hybridized carbons (Fsp3) is 0.263. The summed E-state index contributed by atoms with van der Waals surface area (Å²) in [4.78, 5) is 22.8. The van der Waals surface area contributed by atoms with E-state index in [-0.39, 0.29) is 11.9 Å². The number of aromatic nitrogens is 2. The number of likely N-dealkylation sites (tertiary alicyclic amines) is 1. The summed E-state index contributed by atoms with van der Waals surface area (Å²) in [5.74, 6) is 0.979. The molecule has 0 spiro atoms. The number of benzene rings is 2. The molecule has 5 heteroatoms. The van der Waals surface area contributed by atoms with E-state index in [1.54, 1.807) is 0 Å². The zero-order valence-electron chi connectivity index (χ0n) is 13.2. The zero-order chi connectivity index (χ0) is 16.5. The lowest BCUT2D eigenvalue weighted by atomic mass is 10.1. The molecule has 0 bridgehead atoms. The van der Waals surface area contributed by atoms with Crippen molar-refractivity contribution in [3.05, 3.63) is 64.9 Å². The molecule has 1 unspecified atom stereocenters. The van der Waals surface area contributed by atoms with Gasteiger partial charge >= 0.3 is 0 Å². The first-order valence-electron chi connectivity index (χ1n) is 8.20. The number of carbonyl (C=O) groups is 1. The molecule has 0 saturated carbocycles. The molecule has 3 aromatic rings. The molecule has 1 aliphatic rings. The Labute approximate surface area is 145 Å². The third-order valence-electron chi connectivity index (χ3n) is 4.60. The van der Waals surface area contributed by atoms with E-state index in [1.807, 2.05) is 53.4 Å². The van der Waals surface area contributed by atoms with Crippen molar-refractivity contribution < 1.29 is 4.79 Å². The molecule has 4 nitrogen and oxygen atoms in total. The first-order chi connectivity index (χ1) is 11.7. The molecule has 1 atom stereocenters. The highest BCUT2D eigenvalue weighted by atomic mass is 35.5. The van der Waals surface area contributed by atoms with E-state index in [1.165, 1.54) is 0 Å². The Morgan fingerprint density at radius 1 is 1.21 bits per heavy atom. The predicted molar refractivity (Wildman–Crippen MR) is 94.9 cm³/mol. The molecule has 1 fully saturated rings. The van der Waals surface area contributed by atoms with E-state index in [9.17, 15) is 4.79 Å². The van der Waals surface area contributed by atoms with Crippen LogP contribution < -0.4 is 0 Å². The smallest absolute Gasteiger partial charge is 0.227 e. The Balaban J connectivity index is 1.58. The van der Waals surface area contributed by atoms with Gasteiger partial charge in [-0.15, -0.1) is 0 Å². The van der Waals surface area contributed by atoms with Gasteiger partial charge in [0.1, 0.15) is 5.82 Å². The maximum atomic E-state index is 12.8. The van der Waals surface area contributed by atoms with Crippen molar-refractivity contribution >= 4 is 28.5 Å². The first kappa shape index (κ1) is 15.2. The standard InChI is InChI=1S/C19H18ClN3O/c20-14-7-2-1-6-13(14)12-18(24)23-11-5-10-17(23)19-21-15-8-3-4-9-16(15)22-19/h1-4,6-9,17H,5,10-12H2,(H,21,22). The molecule has 1 amide bonds. The van der Waals surface area contributed by atoms with E-state index in [4.69, 9.17) is 11.6 Å². The van der Waals surface area contributed by atoms with Crippen LogP contribution in [0.2, 0.25) is 5.02 Å². The number of hydrogen-bond donors (Lipinski definition) is 1. The van der Waals surface area contributed by atoms with Gasteiger partial charge in [0.2, 0.25) is 5.91 Å². The summed E-state index contributed by atoms with van der Waals surface area (Å²) in [7, 11) is 0. The number of imidazole rings is 1. The fourth-order valence-corrected chi connectivity index (χ4v) is 3.59. The summed E-state index contributed by atoms with van der Waals surface area (Å²) in [6.07, 6.45) is 2.26. The summed E-state index contributed by atoms with van der Waals surface area (Å²) < 4.78 is 0. The number of amides is 1. The maximum absolute atomic E-state index is 12.8. The Morgan fingerprint density at radius 2 is 2.00 bits per heavy atom. The van der Waals surface area contributed by atoms with Crippen molar-refractivity contribution in [1.29, 1.82) is 0 Å². The van der Waals surface area contributed by atoms with Gasteiger partial charge in [-0.1, -0.05) is 41.9 Å². The van der Waals surface area contributed by atoms with Crippen LogP contribution in [0.3, 0.4) is 0 Å². The quantitative estimate of drug-likeness (QED) is 0.780. The minimum absolute atomic E-state index is 0.0207. The predicted octanol–water partition coefficient (Wildman–Crippen LogP) is 4.12. The molecule has 122 valence electrons. The molecule has 2 aromatic carbocycles. The molecular weight excluding hydrogens is 322 g/mol. The summed E-state index contributed by atoms with van der Waals surface area (Å²) in [6.45, 7) is 0.769. The summed E-state index contributed by atoms with van der Waals surface area (Å²) in [6, 6.07) is 15.5. The van der Waals surface area contributed by atoms with Crippen LogP contribution in [0, 0.1) is 0 Å². The van der Waals surface area contributed by atoms with Crippen LogP contribution in [-0.2, 0) is 11.2 Å². The van der Waals surface area contributed by atoms with Gasteiger partial charge in [-0.05, 0) is 36.6 Å². The topological polar surface area (TPSA) is 49.0 Å². The van der Waals surface area contributed by atoms with Crippen molar-refractivity contribution in [3.8, 4) is 0 Å². The third kappa shape index (κ3) is 2.78. The third-order valence-corrected chi connectivity index (χ3v) is 4.96. The second kappa shape index (κ2) is 6.29. The number of nitrogens with zero attached hydrogens (tertiary/aromatic N) is 2. The number of nitrogens with one attached hydrogen (secondary N) is 1. The average molecular weight is 340 g/mol. The highest BCUT2D eigenvalue weighted by Gasteiger charge is 2.32. The van der Waals surface area contributed by atoms with Crippen molar-refractivity contribution in [2.24, 2.45) is 0 Å². The highest BCUT2D eigenvalue weighted by molar-refractivity contribution is 6.31. The van der Waals surface area contributed by atoms with E-state index < -0.39 is 0 Å². The second-order valence-corrected chi connectivity index (χ2v) is 6.56. The lowest BCUT2D eigenvalue weighted by molar-refractivity contribution is -0.131. The highest BCUT2D eigenvalue weighted by Crippen LogP contribution is 2.32.